The van der Waals surface area contributed by atoms with Gasteiger partial charge in [-0.1, -0.05) is 18.2 Å². The van der Waals surface area contributed by atoms with Gasteiger partial charge in [0.15, 0.2) is 0 Å². The number of nitrogens with zero attached hydrogens (tertiary/aromatic N) is 1. The third kappa shape index (κ3) is 2.12. The monoisotopic (exact) mass is 233 g/mol. The maximum Gasteiger partial charge on any atom is 0.338 e. The van der Waals surface area contributed by atoms with Gasteiger partial charge in [0.2, 0.25) is 0 Å². The summed E-state index contributed by atoms with van der Waals surface area (Å²) in [5.74, 6) is -0.298. The van der Waals surface area contributed by atoms with Gasteiger partial charge in [-0.15, -0.1) is 11.3 Å². The number of carbonyl (C=O) groups is 1. The quantitative estimate of drug-likeness (QED) is 0.765. The molecule has 0 aliphatic rings. The molecule has 3 nitrogen and oxygen atoms in total. The Hall–Kier alpha value is -1.68. The molecule has 2 aromatic rings. The van der Waals surface area contributed by atoms with E-state index in [1.54, 1.807) is 19.2 Å². The summed E-state index contributed by atoms with van der Waals surface area (Å²) in [5, 5.41) is 2.72. The van der Waals surface area contributed by atoms with Crippen LogP contribution in [0.25, 0.3) is 10.6 Å². The van der Waals surface area contributed by atoms with Crippen molar-refractivity contribution >= 4 is 17.3 Å². The Kier molecular flexibility index (Phi) is 3.31. The van der Waals surface area contributed by atoms with E-state index < -0.39 is 0 Å². The molecule has 1 heterocycles. The van der Waals surface area contributed by atoms with E-state index in [2.05, 4.69) is 4.98 Å². The van der Waals surface area contributed by atoms with Crippen molar-refractivity contribution in [1.82, 2.24) is 4.98 Å². The minimum absolute atomic E-state index is 0.298. The fourth-order valence-electron chi connectivity index (χ4n) is 1.41. The number of esters is 1. The normalized spacial score (nSPS) is 10.1. The number of aromatic nitrogens is 1. The van der Waals surface area contributed by atoms with E-state index >= 15 is 0 Å². The number of rotatable bonds is 3. The first-order valence-corrected chi connectivity index (χ1v) is 5.87. The summed E-state index contributed by atoms with van der Waals surface area (Å²) in [7, 11) is 0. The molecule has 0 radical (unpaired) electrons. The number of benzene rings is 1. The van der Waals surface area contributed by atoms with Crippen LogP contribution in [0.4, 0.5) is 0 Å². The van der Waals surface area contributed by atoms with Crippen molar-refractivity contribution in [2.45, 2.75) is 6.92 Å². The van der Waals surface area contributed by atoms with Gasteiger partial charge in [-0.25, -0.2) is 9.78 Å². The molecule has 0 aliphatic carbocycles. The second kappa shape index (κ2) is 4.90. The molecule has 0 spiro atoms. The highest BCUT2D eigenvalue weighted by Crippen LogP contribution is 2.25. The van der Waals surface area contributed by atoms with Crippen molar-refractivity contribution < 1.29 is 9.53 Å². The maximum absolute atomic E-state index is 11.7. The molecule has 16 heavy (non-hydrogen) atoms. The van der Waals surface area contributed by atoms with Gasteiger partial charge in [0.25, 0.3) is 0 Å². The Labute approximate surface area is 97.7 Å². The van der Waals surface area contributed by atoms with E-state index in [-0.39, 0.29) is 5.97 Å². The van der Waals surface area contributed by atoms with E-state index in [0.29, 0.717) is 12.2 Å². The summed E-state index contributed by atoms with van der Waals surface area (Å²) >= 11 is 1.51. The number of ether oxygens (including phenoxy) is 1. The molecular weight excluding hydrogens is 222 g/mol. The molecule has 1 aromatic carbocycles. The first-order chi connectivity index (χ1) is 7.83. The Morgan fingerprint density at radius 3 is 2.94 bits per heavy atom. The second-order valence-electron chi connectivity index (χ2n) is 3.10. The smallest absolute Gasteiger partial charge is 0.338 e. The van der Waals surface area contributed by atoms with Gasteiger partial charge in [0, 0.05) is 17.1 Å². The van der Waals surface area contributed by atoms with Gasteiger partial charge < -0.3 is 4.74 Å². The molecule has 0 fully saturated rings. The van der Waals surface area contributed by atoms with Crippen LogP contribution in [0.5, 0.6) is 0 Å². The molecule has 0 saturated heterocycles. The average molecular weight is 233 g/mol. The maximum atomic E-state index is 11.7. The van der Waals surface area contributed by atoms with Crippen molar-refractivity contribution in [2.75, 3.05) is 6.61 Å². The van der Waals surface area contributed by atoms with Crippen LogP contribution in [-0.4, -0.2) is 17.6 Å². The van der Waals surface area contributed by atoms with Crippen molar-refractivity contribution in [3.05, 3.63) is 41.4 Å². The van der Waals surface area contributed by atoms with Crippen LogP contribution in [0.1, 0.15) is 17.3 Å². The van der Waals surface area contributed by atoms with Crippen molar-refractivity contribution in [2.24, 2.45) is 0 Å². The van der Waals surface area contributed by atoms with Gasteiger partial charge in [-0.3, -0.25) is 0 Å². The molecule has 0 saturated carbocycles. The Balaban J connectivity index is 2.42. The lowest BCUT2D eigenvalue weighted by atomic mass is 10.1. The van der Waals surface area contributed by atoms with E-state index in [1.807, 2.05) is 23.6 Å². The lowest BCUT2D eigenvalue weighted by molar-refractivity contribution is 0.0527. The predicted octanol–water partition coefficient (Wildman–Crippen LogP) is 2.99. The van der Waals surface area contributed by atoms with Gasteiger partial charge in [0.05, 0.1) is 12.2 Å². The van der Waals surface area contributed by atoms with Crippen molar-refractivity contribution in [1.29, 1.82) is 0 Å². The molecule has 2 rings (SSSR count). The highest BCUT2D eigenvalue weighted by molar-refractivity contribution is 7.13. The highest BCUT2D eigenvalue weighted by Gasteiger charge is 2.14. The lowest BCUT2D eigenvalue weighted by Gasteiger charge is -2.05. The molecule has 1 aromatic heterocycles. The van der Waals surface area contributed by atoms with E-state index in [9.17, 15) is 4.79 Å². The fraction of sp³-hybridized carbons (Fsp3) is 0.167. The minimum atomic E-state index is -0.298. The third-order valence-electron chi connectivity index (χ3n) is 2.09. The standard InChI is InChI=1S/C12H11NO2S/c1-2-15-12(14)10-6-4-3-5-9(10)11-13-7-8-16-11/h3-8H,2H2,1H3. The first kappa shape index (κ1) is 10.8. The molecule has 0 unspecified atom stereocenters. The summed E-state index contributed by atoms with van der Waals surface area (Å²) in [6.07, 6.45) is 1.72. The van der Waals surface area contributed by atoms with Crippen LogP contribution in [-0.2, 0) is 4.74 Å². The molecule has 0 N–H and O–H groups in total. The van der Waals surface area contributed by atoms with Gasteiger partial charge in [-0.05, 0) is 13.0 Å². The molecule has 0 bridgehead atoms. The molecule has 0 atom stereocenters. The van der Waals surface area contributed by atoms with Gasteiger partial charge in [-0.2, -0.15) is 0 Å². The van der Waals surface area contributed by atoms with Crippen LogP contribution in [0.3, 0.4) is 0 Å². The first-order valence-electron chi connectivity index (χ1n) is 4.99. The lowest BCUT2D eigenvalue weighted by Crippen LogP contribution is -2.06. The zero-order valence-corrected chi connectivity index (χ0v) is 9.66. The zero-order valence-electron chi connectivity index (χ0n) is 8.84. The molecule has 0 aliphatic heterocycles. The minimum Gasteiger partial charge on any atom is -0.462 e. The molecule has 82 valence electrons. The summed E-state index contributed by atoms with van der Waals surface area (Å²) in [6, 6.07) is 7.35. The average Bonchev–Trinajstić information content (AvgIpc) is 2.83. The van der Waals surface area contributed by atoms with Crippen LogP contribution >= 0.6 is 11.3 Å². The van der Waals surface area contributed by atoms with Gasteiger partial charge >= 0.3 is 5.97 Å². The predicted molar refractivity (Wildman–Crippen MR) is 63.5 cm³/mol. The fourth-order valence-corrected chi connectivity index (χ4v) is 2.09. The summed E-state index contributed by atoms with van der Waals surface area (Å²) in [4.78, 5) is 15.9. The highest BCUT2D eigenvalue weighted by atomic mass is 32.1. The summed E-state index contributed by atoms with van der Waals surface area (Å²) in [5.41, 5.74) is 1.40. The Morgan fingerprint density at radius 2 is 2.25 bits per heavy atom. The Morgan fingerprint density at radius 1 is 1.44 bits per heavy atom. The van der Waals surface area contributed by atoms with Crippen LogP contribution in [0.2, 0.25) is 0 Å². The Bertz CT molecular complexity index is 480. The van der Waals surface area contributed by atoms with E-state index in [1.165, 1.54) is 11.3 Å². The van der Waals surface area contributed by atoms with Gasteiger partial charge in [0.1, 0.15) is 5.01 Å². The molecule has 4 heteroatoms. The second-order valence-corrected chi connectivity index (χ2v) is 4.00. The molecular formula is C12H11NO2S. The number of hydrogen-bond acceptors (Lipinski definition) is 4. The van der Waals surface area contributed by atoms with Crippen LogP contribution in [0.15, 0.2) is 35.8 Å². The van der Waals surface area contributed by atoms with Crippen molar-refractivity contribution in [3.8, 4) is 10.6 Å². The van der Waals surface area contributed by atoms with Crippen LogP contribution < -0.4 is 0 Å². The van der Waals surface area contributed by atoms with E-state index in [0.717, 1.165) is 10.6 Å². The van der Waals surface area contributed by atoms with Crippen molar-refractivity contribution in [3.63, 3.8) is 0 Å². The molecule has 0 amide bonds. The SMILES string of the molecule is CCOC(=O)c1ccccc1-c1nccs1. The third-order valence-corrected chi connectivity index (χ3v) is 2.89. The zero-order chi connectivity index (χ0) is 11.4. The number of carbonyl (C=O) groups excluding carboxylic acids is 1. The summed E-state index contributed by atoms with van der Waals surface area (Å²) in [6.45, 7) is 2.18. The van der Waals surface area contributed by atoms with Crippen LogP contribution in [0, 0.1) is 0 Å². The number of thiazole rings is 1. The summed E-state index contributed by atoms with van der Waals surface area (Å²) < 4.78 is 5.00. The van der Waals surface area contributed by atoms with E-state index in [4.69, 9.17) is 4.74 Å². The topological polar surface area (TPSA) is 39.2 Å². The largest absolute Gasteiger partial charge is 0.462 e. The number of hydrogen-bond donors (Lipinski definition) is 0.